The molecule has 16 atom stereocenters. The molecule has 0 aromatic heterocycles. The summed E-state index contributed by atoms with van der Waals surface area (Å²) in [6.45, 7) is -4.21. The van der Waals surface area contributed by atoms with Crippen LogP contribution in [0, 0.1) is 0 Å². The molecule has 3 rings (SSSR count). The summed E-state index contributed by atoms with van der Waals surface area (Å²) >= 11 is 3.97. The fourth-order valence-corrected chi connectivity index (χ4v) is 5.64. The van der Waals surface area contributed by atoms with Crippen LogP contribution in [0.5, 0.6) is 0 Å². The SMILES string of the molecule is NC(CCC(=O)NC(CS)C(=O)NCC(=O)OC[C@H]1OC(OC[C@H]2OC(O[C@]3(CO)O[C@H](CO)[C@@H](O)[C@@H]3O)[C@H](O)[C@@H](O)[C@@H]2O)[C@H](O)[C@@H](O)[C@H]1O)C(=O)O. The molecule has 25 heteroatoms. The molecule has 24 nitrogen and oxygen atoms in total. The average molecular weight is 794 g/mol. The number of esters is 1. The van der Waals surface area contributed by atoms with Crippen LogP contribution in [0.3, 0.4) is 0 Å². The third-order valence-corrected chi connectivity index (χ3v) is 9.00. The summed E-state index contributed by atoms with van der Waals surface area (Å²) in [5.74, 6) is -6.59. The van der Waals surface area contributed by atoms with E-state index in [1.165, 1.54) is 0 Å². The van der Waals surface area contributed by atoms with Crippen molar-refractivity contribution in [3.05, 3.63) is 0 Å². The highest BCUT2D eigenvalue weighted by molar-refractivity contribution is 7.80. The molecule has 3 aliphatic heterocycles. The summed E-state index contributed by atoms with van der Waals surface area (Å²) in [5, 5.41) is 116. The van der Waals surface area contributed by atoms with Crippen LogP contribution in [0.4, 0.5) is 0 Å². The van der Waals surface area contributed by atoms with Crippen molar-refractivity contribution < 1.29 is 104 Å². The maximum absolute atomic E-state index is 12.4. The van der Waals surface area contributed by atoms with Gasteiger partial charge in [0.15, 0.2) is 12.6 Å². The van der Waals surface area contributed by atoms with Crippen LogP contribution in [0.2, 0.25) is 0 Å². The molecular weight excluding hydrogens is 746 g/mol. The lowest BCUT2D eigenvalue weighted by Gasteiger charge is -2.44. The van der Waals surface area contributed by atoms with Gasteiger partial charge in [0.2, 0.25) is 17.6 Å². The summed E-state index contributed by atoms with van der Waals surface area (Å²) in [6.07, 6.45) is -24.2. The number of carbonyl (C=O) groups is 4. The van der Waals surface area contributed by atoms with Crippen molar-refractivity contribution in [3.8, 4) is 0 Å². The molecular formula is C28H47N3O21S. The summed E-state index contributed by atoms with van der Waals surface area (Å²) in [4.78, 5) is 47.6. The highest BCUT2D eigenvalue weighted by Gasteiger charge is 2.58. The number of ether oxygens (including phenoxy) is 6. The predicted octanol–water partition coefficient (Wildman–Crippen LogP) is -9.30. The molecule has 4 unspecified atom stereocenters. The normalized spacial score (nSPS) is 38.5. The first-order valence-corrected chi connectivity index (χ1v) is 16.8. The summed E-state index contributed by atoms with van der Waals surface area (Å²) < 4.78 is 32.0. The Hall–Kier alpha value is -2.41. The zero-order chi connectivity index (χ0) is 39.8. The lowest BCUT2D eigenvalue weighted by molar-refractivity contribution is -0.388. The minimum atomic E-state index is -2.45. The number of carboxylic acid groups (broad SMARTS) is 1. The van der Waals surface area contributed by atoms with Crippen LogP contribution in [0.1, 0.15) is 12.8 Å². The van der Waals surface area contributed by atoms with Gasteiger partial charge in [-0.15, -0.1) is 0 Å². The smallest absolute Gasteiger partial charge is 0.325 e. The fourth-order valence-electron chi connectivity index (χ4n) is 5.38. The van der Waals surface area contributed by atoms with Gasteiger partial charge in [0.25, 0.3) is 0 Å². The molecule has 3 aliphatic rings. The monoisotopic (exact) mass is 793 g/mol. The van der Waals surface area contributed by atoms with Crippen molar-refractivity contribution in [2.45, 2.75) is 110 Å². The van der Waals surface area contributed by atoms with Crippen LogP contribution in [-0.4, -0.2) is 216 Å². The number of thiol groups is 1. The Morgan fingerprint density at radius 2 is 1.40 bits per heavy atom. The zero-order valence-corrected chi connectivity index (χ0v) is 28.7. The van der Waals surface area contributed by atoms with Gasteiger partial charge in [-0.2, -0.15) is 12.6 Å². The number of nitrogens with two attached hydrogens (primary N) is 1. The number of hydrogen-bond donors (Lipinski definition) is 15. The second-order valence-corrected chi connectivity index (χ2v) is 12.8. The Morgan fingerprint density at radius 1 is 0.811 bits per heavy atom. The molecule has 3 saturated heterocycles. The molecule has 53 heavy (non-hydrogen) atoms. The van der Waals surface area contributed by atoms with E-state index in [1.54, 1.807) is 0 Å². The molecule has 0 saturated carbocycles. The first kappa shape index (κ1) is 45.0. The number of carboxylic acids is 1. The van der Waals surface area contributed by atoms with Crippen molar-refractivity contribution in [1.29, 1.82) is 0 Å². The second-order valence-electron chi connectivity index (χ2n) is 12.4. The number of rotatable bonds is 18. The molecule has 306 valence electrons. The Balaban J connectivity index is 1.53. The number of carbonyl (C=O) groups excluding carboxylic acids is 3. The number of amides is 2. The van der Waals surface area contributed by atoms with Gasteiger partial charge in [0.05, 0.1) is 13.2 Å². The minimum absolute atomic E-state index is 0.201. The van der Waals surface area contributed by atoms with Crippen LogP contribution in [-0.2, 0) is 47.6 Å². The Morgan fingerprint density at radius 3 is 1.94 bits per heavy atom. The van der Waals surface area contributed by atoms with Gasteiger partial charge in [-0.3, -0.25) is 19.2 Å². The van der Waals surface area contributed by atoms with Gasteiger partial charge in [0, 0.05) is 12.2 Å². The number of nitrogens with one attached hydrogen (secondary N) is 2. The summed E-state index contributed by atoms with van der Waals surface area (Å²) in [6, 6.07) is -2.51. The average Bonchev–Trinajstić information content (AvgIpc) is 3.38. The van der Waals surface area contributed by atoms with E-state index in [0.717, 1.165) is 0 Å². The van der Waals surface area contributed by atoms with E-state index in [4.69, 9.17) is 39.3 Å². The van der Waals surface area contributed by atoms with E-state index in [1.807, 2.05) is 0 Å². The number of aliphatic hydroxyl groups excluding tert-OH is 10. The topological polar surface area (TPSA) is 396 Å². The Kier molecular flexibility index (Phi) is 16.9. The maximum atomic E-state index is 12.4. The third-order valence-electron chi connectivity index (χ3n) is 8.63. The molecule has 3 fully saturated rings. The first-order valence-electron chi connectivity index (χ1n) is 16.2. The van der Waals surface area contributed by atoms with Crippen molar-refractivity contribution >= 4 is 36.4 Å². The predicted molar refractivity (Wildman–Crippen MR) is 169 cm³/mol. The van der Waals surface area contributed by atoms with E-state index < -0.39 is 154 Å². The minimum Gasteiger partial charge on any atom is -0.480 e. The van der Waals surface area contributed by atoms with Crippen molar-refractivity contribution in [2.75, 3.05) is 38.7 Å². The highest BCUT2D eigenvalue weighted by Crippen LogP contribution is 2.36. The molecule has 0 aliphatic carbocycles. The van der Waals surface area contributed by atoms with Gasteiger partial charge in [-0.25, -0.2) is 0 Å². The number of aliphatic hydroxyl groups is 10. The molecule has 0 aromatic rings. The maximum Gasteiger partial charge on any atom is 0.325 e. The van der Waals surface area contributed by atoms with E-state index in [0.29, 0.717) is 0 Å². The van der Waals surface area contributed by atoms with Gasteiger partial charge >= 0.3 is 11.9 Å². The molecule has 15 N–H and O–H groups in total. The third kappa shape index (κ3) is 11.1. The Bertz CT molecular complexity index is 1240. The lowest BCUT2D eigenvalue weighted by Crippen LogP contribution is -2.63. The molecule has 0 spiro atoms. The molecule has 0 bridgehead atoms. The van der Waals surface area contributed by atoms with Gasteiger partial charge in [0.1, 0.15) is 99.0 Å². The molecule has 3 heterocycles. The van der Waals surface area contributed by atoms with Crippen LogP contribution in [0.25, 0.3) is 0 Å². The van der Waals surface area contributed by atoms with Crippen LogP contribution in [0.15, 0.2) is 0 Å². The first-order chi connectivity index (χ1) is 24.9. The van der Waals surface area contributed by atoms with Crippen molar-refractivity contribution in [3.63, 3.8) is 0 Å². The van der Waals surface area contributed by atoms with Gasteiger partial charge in [-0.1, -0.05) is 0 Å². The zero-order valence-electron chi connectivity index (χ0n) is 27.8. The molecule has 0 aromatic carbocycles. The Labute approximate surface area is 305 Å². The van der Waals surface area contributed by atoms with Gasteiger partial charge in [-0.05, 0) is 6.42 Å². The second kappa shape index (κ2) is 20.0. The standard InChI is InChI=1S/C28H47N3O21S/c29-9(25(45)46)1-2-14(34)31-10(7-53)24(44)30-3-15(35)47-5-12-16(36)19(39)21(41)26(49-12)48-6-13-17(37)20(40)22(42)27(50-13)52-28(8-33)23(43)18(38)11(4-32)51-28/h9-13,16-23,26-27,32-33,36-43,53H,1-8,29H2,(H,30,44)(H,31,34)(H,45,46)/t9?,10?,11-,12-,13-,16+,17-,18-,19+,20+,21-,22-,23+,26?,27?,28+/m1/s1. The van der Waals surface area contributed by atoms with Crippen molar-refractivity contribution in [2.24, 2.45) is 5.73 Å². The van der Waals surface area contributed by atoms with E-state index in [2.05, 4.69) is 23.3 Å². The van der Waals surface area contributed by atoms with Crippen molar-refractivity contribution in [1.82, 2.24) is 10.6 Å². The largest absolute Gasteiger partial charge is 0.480 e. The molecule has 2 amide bonds. The number of hydrogen-bond acceptors (Lipinski definition) is 22. The lowest BCUT2D eigenvalue weighted by atomic mass is 9.98. The molecule has 0 radical (unpaired) electrons. The van der Waals surface area contributed by atoms with Crippen LogP contribution >= 0.6 is 12.6 Å². The van der Waals surface area contributed by atoms with Gasteiger partial charge < -0.3 is 101 Å². The number of aliphatic carboxylic acids is 1. The van der Waals surface area contributed by atoms with E-state index in [9.17, 15) is 70.2 Å². The summed E-state index contributed by atoms with van der Waals surface area (Å²) in [7, 11) is 0. The highest BCUT2D eigenvalue weighted by atomic mass is 32.1. The van der Waals surface area contributed by atoms with E-state index >= 15 is 0 Å². The van der Waals surface area contributed by atoms with Crippen LogP contribution < -0.4 is 16.4 Å². The fraction of sp³-hybridized carbons (Fsp3) is 0.857. The quantitative estimate of drug-likeness (QED) is 0.0452. The summed E-state index contributed by atoms with van der Waals surface area (Å²) in [5.41, 5.74) is 5.34. The van der Waals surface area contributed by atoms with E-state index in [-0.39, 0.29) is 18.6 Å².